The van der Waals surface area contributed by atoms with Gasteiger partial charge < -0.3 is 16.0 Å². The maximum atomic E-state index is 11.2. The molecule has 2 atom stereocenters. The van der Waals surface area contributed by atoms with E-state index in [-0.39, 0.29) is 5.91 Å². The molecular weight excluding hydrogens is 226 g/mol. The molecule has 1 saturated heterocycles. The zero-order chi connectivity index (χ0) is 13.3. The van der Waals surface area contributed by atoms with Crippen LogP contribution in [-0.4, -0.2) is 31.1 Å². The van der Waals surface area contributed by atoms with Crippen LogP contribution in [0.2, 0.25) is 0 Å². The lowest BCUT2D eigenvalue weighted by atomic mass is 10.1. The van der Waals surface area contributed by atoms with E-state index in [1.54, 1.807) is 0 Å². The third-order valence-electron chi connectivity index (χ3n) is 3.40. The van der Waals surface area contributed by atoms with Gasteiger partial charge in [0.05, 0.1) is 0 Å². The van der Waals surface area contributed by atoms with Gasteiger partial charge in [-0.3, -0.25) is 4.79 Å². The van der Waals surface area contributed by atoms with E-state index in [2.05, 4.69) is 24.1 Å². The third-order valence-corrected chi connectivity index (χ3v) is 3.40. The number of nitrogens with zero attached hydrogens (tertiary/aromatic N) is 1. The first kappa shape index (κ1) is 12.9. The van der Waals surface area contributed by atoms with Crippen LogP contribution in [0.4, 0.5) is 5.69 Å². The molecule has 4 heteroatoms. The maximum absolute atomic E-state index is 11.2. The minimum atomic E-state index is -0.360. The molecule has 0 spiro atoms. The lowest BCUT2D eigenvalue weighted by molar-refractivity contribution is 0.0999. The van der Waals surface area contributed by atoms with E-state index in [4.69, 9.17) is 5.73 Å². The molecule has 0 bridgehead atoms. The molecule has 0 radical (unpaired) electrons. The van der Waals surface area contributed by atoms with Crippen LogP contribution in [0.3, 0.4) is 0 Å². The van der Waals surface area contributed by atoms with Crippen molar-refractivity contribution in [2.24, 2.45) is 5.73 Å². The summed E-state index contributed by atoms with van der Waals surface area (Å²) in [6.45, 7) is 8.28. The number of anilines is 1. The molecule has 1 aromatic rings. The van der Waals surface area contributed by atoms with Crippen LogP contribution >= 0.6 is 0 Å². The van der Waals surface area contributed by atoms with E-state index in [1.807, 2.05) is 25.1 Å². The number of nitrogens with two attached hydrogens (primary N) is 1. The SMILES string of the molecule is Cc1cc(N2CC(C)NC(C)C2)ccc1C(N)=O. The van der Waals surface area contributed by atoms with Crippen LogP contribution in [0.25, 0.3) is 0 Å². The van der Waals surface area contributed by atoms with Crippen molar-refractivity contribution in [3.05, 3.63) is 29.3 Å². The van der Waals surface area contributed by atoms with Gasteiger partial charge in [-0.05, 0) is 44.5 Å². The number of primary amides is 1. The maximum Gasteiger partial charge on any atom is 0.248 e. The standard InChI is InChI=1S/C14H21N3O/c1-9-6-12(4-5-13(9)14(15)18)17-7-10(2)16-11(3)8-17/h4-6,10-11,16H,7-8H2,1-3H3,(H2,15,18). The molecule has 1 amide bonds. The molecule has 0 aromatic heterocycles. The van der Waals surface area contributed by atoms with E-state index in [0.29, 0.717) is 17.6 Å². The second kappa shape index (κ2) is 4.98. The van der Waals surface area contributed by atoms with E-state index in [0.717, 1.165) is 24.3 Å². The Morgan fingerprint density at radius 3 is 2.44 bits per heavy atom. The first-order valence-corrected chi connectivity index (χ1v) is 6.39. The van der Waals surface area contributed by atoms with Gasteiger partial charge in [0.2, 0.25) is 5.91 Å². The van der Waals surface area contributed by atoms with Gasteiger partial charge in [-0.2, -0.15) is 0 Å². The van der Waals surface area contributed by atoms with Crippen molar-refractivity contribution in [2.75, 3.05) is 18.0 Å². The van der Waals surface area contributed by atoms with Gasteiger partial charge in [-0.15, -0.1) is 0 Å². The average molecular weight is 247 g/mol. The summed E-state index contributed by atoms with van der Waals surface area (Å²) < 4.78 is 0. The second-order valence-corrected chi connectivity index (χ2v) is 5.24. The third kappa shape index (κ3) is 2.64. The lowest BCUT2D eigenvalue weighted by Crippen LogP contribution is -2.54. The summed E-state index contributed by atoms with van der Waals surface area (Å²) in [5, 5.41) is 3.51. The molecule has 18 heavy (non-hydrogen) atoms. The lowest BCUT2D eigenvalue weighted by Gasteiger charge is -2.37. The first-order valence-electron chi connectivity index (χ1n) is 6.39. The molecule has 4 nitrogen and oxygen atoms in total. The predicted molar refractivity (Wildman–Crippen MR) is 74.0 cm³/mol. The molecule has 1 aromatic carbocycles. The van der Waals surface area contributed by atoms with Gasteiger partial charge in [0.25, 0.3) is 0 Å². The monoisotopic (exact) mass is 247 g/mol. The Hall–Kier alpha value is -1.55. The number of piperazine rings is 1. The molecular formula is C14H21N3O. The molecule has 3 N–H and O–H groups in total. The second-order valence-electron chi connectivity index (χ2n) is 5.24. The van der Waals surface area contributed by atoms with Crippen molar-refractivity contribution >= 4 is 11.6 Å². The summed E-state index contributed by atoms with van der Waals surface area (Å²) in [5.41, 5.74) is 8.04. The highest BCUT2D eigenvalue weighted by Gasteiger charge is 2.21. The normalized spacial score (nSPS) is 24.1. The Balaban J connectivity index is 2.23. The largest absolute Gasteiger partial charge is 0.368 e. The Bertz CT molecular complexity index is 448. The molecule has 1 fully saturated rings. The van der Waals surface area contributed by atoms with Crippen molar-refractivity contribution in [3.8, 4) is 0 Å². The number of nitrogens with one attached hydrogen (secondary N) is 1. The summed E-state index contributed by atoms with van der Waals surface area (Å²) in [6.07, 6.45) is 0. The van der Waals surface area contributed by atoms with Gasteiger partial charge in [-0.1, -0.05) is 0 Å². The first-order chi connectivity index (χ1) is 8.47. The molecule has 2 unspecified atom stereocenters. The minimum absolute atomic E-state index is 0.360. The summed E-state index contributed by atoms with van der Waals surface area (Å²) in [7, 11) is 0. The van der Waals surface area contributed by atoms with Gasteiger partial charge in [0.15, 0.2) is 0 Å². The smallest absolute Gasteiger partial charge is 0.248 e. The number of hydrogen-bond donors (Lipinski definition) is 2. The fraction of sp³-hybridized carbons (Fsp3) is 0.500. The van der Waals surface area contributed by atoms with Gasteiger partial charge in [0.1, 0.15) is 0 Å². The van der Waals surface area contributed by atoms with Crippen LogP contribution < -0.4 is 16.0 Å². The zero-order valence-electron chi connectivity index (χ0n) is 11.2. The molecule has 2 rings (SSSR count). The molecule has 1 heterocycles. The predicted octanol–water partition coefficient (Wildman–Crippen LogP) is 1.28. The molecule has 1 aliphatic rings. The van der Waals surface area contributed by atoms with Crippen LogP contribution in [0, 0.1) is 6.92 Å². The topological polar surface area (TPSA) is 58.4 Å². The highest BCUT2D eigenvalue weighted by Crippen LogP contribution is 2.21. The minimum Gasteiger partial charge on any atom is -0.368 e. The number of benzene rings is 1. The Morgan fingerprint density at radius 1 is 1.33 bits per heavy atom. The number of hydrogen-bond acceptors (Lipinski definition) is 3. The number of carbonyl (C=O) groups excluding carboxylic acids is 1. The van der Waals surface area contributed by atoms with E-state index >= 15 is 0 Å². The molecule has 1 aliphatic heterocycles. The molecule has 0 saturated carbocycles. The number of carbonyl (C=O) groups is 1. The molecule has 0 aliphatic carbocycles. The van der Waals surface area contributed by atoms with Crippen LogP contribution in [0.15, 0.2) is 18.2 Å². The molecule has 98 valence electrons. The van der Waals surface area contributed by atoms with Gasteiger partial charge in [-0.25, -0.2) is 0 Å². The number of aryl methyl sites for hydroxylation is 1. The highest BCUT2D eigenvalue weighted by atomic mass is 16.1. The highest BCUT2D eigenvalue weighted by molar-refractivity contribution is 5.94. The Labute approximate surface area is 108 Å². The summed E-state index contributed by atoms with van der Waals surface area (Å²) in [5.74, 6) is -0.360. The fourth-order valence-corrected chi connectivity index (χ4v) is 2.66. The van der Waals surface area contributed by atoms with Gasteiger partial charge >= 0.3 is 0 Å². The zero-order valence-corrected chi connectivity index (χ0v) is 11.2. The van der Waals surface area contributed by atoms with Crippen LogP contribution in [-0.2, 0) is 0 Å². The van der Waals surface area contributed by atoms with E-state index < -0.39 is 0 Å². The summed E-state index contributed by atoms with van der Waals surface area (Å²) in [4.78, 5) is 13.6. The quantitative estimate of drug-likeness (QED) is 0.827. The Kier molecular flexibility index (Phi) is 3.57. The van der Waals surface area contributed by atoms with E-state index in [9.17, 15) is 4.79 Å². The van der Waals surface area contributed by atoms with E-state index in [1.165, 1.54) is 0 Å². The van der Waals surface area contributed by atoms with Crippen molar-refractivity contribution in [2.45, 2.75) is 32.9 Å². The van der Waals surface area contributed by atoms with Crippen LogP contribution in [0.1, 0.15) is 29.8 Å². The van der Waals surface area contributed by atoms with Crippen molar-refractivity contribution in [1.29, 1.82) is 0 Å². The van der Waals surface area contributed by atoms with Gasteiger partial charge in [0, 0.05) is 36.4 Å². The Morgan fingerprint density at radius 2 is 1.94 bits per heavy atom. The van der Waals surface area contributed by atoms with Crippen molar-refractivity contribution in [1.82, 2.24) is 5.32 Å². The fourth-order valence-electron chi connectivity index (χ4n) is 2.66. The summed E-state index contributed by atoms with van der Waals surface area (Å²) in [6, 6.07) is 6.81. The summed E-state index contributed by atoms with van der Waals surface area (Å²) >= 11 is 0. The average Bonchev–Trinajstić information content (AvgIpc) is 2.26. The van der Waals surface area contributed by atoms with Crippen molar-refractivity contribution in [3.63, 3.8) is 0 Å². The number of amides is 1. The van der Waals surface area contributed by atoms with Crippen molar-refractivity contribution < 1.29 is 4.79 Å². The number of rotatable bonds is 2. The van der Waals surface area contributed by atoms with Crippen LogP contribution in [0.5, 0.6) is 0 Å².